The van der Waals surface area contributed by atoms with Crippen LogP contribution < -0.4 is 5.32 Å². The summed E-state index contributed by atoms with van der Waals surface area (Å²) in [6, 6.07) is 7.43. The predicted molar refractivity (Wildman–Crippen MR) is 69.5 cm³/mol. The smallest absolute Gasteiger partial charge is 0.255 e. The summed E-state index contributed by atoms with van der Waals surface area (Å²) in [7, 11) is 0. The van der Waals surface area contributed by atoms with Gasteiger partial charge in [-0.25, -0.2) is 0 Å². The number of carbonyl (C=O) groups is 1. The van der Waals surface area contributed by atoms with Crippen LogP contribution in [-0.4, -0.2) is 23.7 Å². The Morgan fingerprint density at radius 2 is 2.22 bits per heavy atom. The molecule has 18 heavy (non-hydrogen) atoms. The van der Waals surface area contributed by atoms with E-state index < -0.39 is 0 Å². The zero-order chi connectivity index (χ0) is 13.0. The highest BCUT2D eigenvalue weighted by atomic mass is 16.3. The molecule has 2 aromatic rings. The first-order valence-electron chi connectivity index (χ1n) is 6.14. The van der Waals surface area contributed by atoms with Crippen molar-refractivity contribution < 1.29 is 14.3 Å². The lowest BCUT2D eigenvalue weighted by Crippen LogP contribution is -2.34. The molecule has 0 bridgehead atoms. The first-order valence-corrected chi connectivity index (χ1v) is 6.14. The third-order valence-corrected chi connectivity index (χ3v) is 3.03. The minimum absolute atomic E-state index is 0.00355. The average molecular weight is 247 g/mol. The Balaban J connectivity index is 2.18. The maximum absolute atomic E-state index is 12.1. The van der Waals surface area contributed by atoms with E-state index in [0.717, 1.165) is 11.8 Å². The van der Waals surface area contributed by atoms with Gasteiger partial charge in [-0.2, -0.15) is 0 Å². The molecule has 1 atom stereocenters. The molecule has 1 amide bonds. The monoisotopic (exact) mass is 247 g/mol. The van der Waals surface area contributed by atoms with Crippen LogP contribution in [0, 0.1) is 0 Å². The molecule has 0 aliphatic heterocycles. The van der Waals surface area contributed by atoms with Gasteiger partial charge in [-0.15, -0.1) is 0 Å². The largest absolute Gasteiger partial charge is 0.463 e. The second-order valence-corrected chi connectivity index (χ2v) is 4.24. The first kappa shape index (κ1) is 12.6. The lowest BCUT2D eigenvalue weighted by Gasteiger charge is -2.14. The Morgan fingerprint density at radius 3 is 2.94 bits per heavy atom. The molecule has 1 aromatic heterocycles. The lowest BCUT2D eigenvalue weighted by molar-refractivity contribution is 0.0930. The SMILES string of the molecule is CCC(CCO)NC(=O)c1coc2ccccc12. The topological polar surface area (TPSA) is 62.5 Å². The maximum Gasteiger partial charge on any atom is 0.255 e. The van der Waals surface area contributed by atoms with Gasteiger partial charge in [0.05, 0.1) is 5.56 Å². The molecule has 0 saturated carbocycles. The van der Waals surface area contributed by atoms with Crippen molar-refractivity contribution in [2.24, 2.45) is 0 Å². The van der Waals surface area contributed by atoms with E-state index in [0.29, 0.717) is 17.6 Å². The van der Waals surface area contributed by atoms with Gasteiger partial charge in [0.1, 0.15) is 11.8 Å². The summed E-state index contributed by atoms with van der Waals surface area (Å²) in [6.45, 7) is 2.05. The lowest BCUT2D eigenvalue weighted by atomic mass is 10.1. The van der Waals surface area contributed by atoms with Gasteiger partial charge in [0, 0.05) is 18.0 Å². The molecule has 96 valence electrons. The summed E-state index contributed by atoms with van der Waals surface area (Å²) < 4.78 is 5.34. The van der Waals surface area contributed by atoms with Crippen LogP contribution in [0.2, 0.25) is 0 Å². The Morgan fingerprint density at radius 1 is 1.44 bits per heavy atom. The van der Waals surface area contributed by atoms with Crippen LogP contribution in [0.4, 0.5) is 0 Å². The molecule has 1 heterocycles. The van der Waals surface area contributed by atoms with Gasteiger partial charge in [-0.05, 0) is 18.9 Å². The normalized spacial score (nSPS) is 12.6. The molecule has 0 saturated heterocycles. The van der Waals surface area contributed by atoms with Gasteiger partial charge in [0.25, 0.3) is 5.91 Å². The van der Waals surface area contributed by atoms with Crippen LogP contribution >= 0.6 is 0 Å². The Labute approximate surface area is 106 Å². The first-order chi connectivity index (χ1) is 8.76. The van der Waals surface area contributed by atoms with Crippen molar-refractivity contribution in [2.45, 2.75) is 25.8 Å². The second-order valence-electron chi connectivity index (χ2n) is 4.24. The molecule has 1 aromatic carbocycles. The third-order valence-electron chi connectivity index (χ3n) is 3.03. The highest BCUT2D eigenvalue weighted by Gasteiger charge is 2.16. The number of para-hydroxylation sites is 1. The van der Waals surface area contributed by atoms with Crippen LogP contribution in [0.25, 0.3) is 11.0 Å². The van der Waals surface area contributed by atoms with Crippen LogP contribution in [0.15, 0.2) is 34.9 Å². The van der Waals surface area contributed by atoms with Gasteiger partial charge < -0.3 is 14.8 Å². The second kappa shape index (κ2) is 5.69. The number of nitrogens with one attached hydrogen (secondary N) is 1. The Hall–Kier alpha value is -1.81. The predicted octanol–water partition coefficient (Wildman–Crippen LogP) is 2.32. The van der Waals surface area contributed by atoms with Crippen molar-refractivity contribution in [3.8, 4) is 0 Å². The van der Waals surface area contributed by atoms with E-state index in [4.69, 9.17) is 9.52 Å². The fourth-order valence-electron chi connectivity index (χ4n) is 1.95. The summed E-state index contributed by atoms with van der Waals surface area (Å²) in [5, 5.41) is 12.6. The molecule has 1 unspecified atom stereocenters. The molecule has 0 spiro atoms. The minimum atomic E-state index is -0.153. The van der Waals surface area contributed by atoms with Gasteiger partial charge in [0.2, 0.25) is 0 Å². The number of aliphatic hydroxyl groups is 1. The van der Waals surface area contributed by atoms with Crippen LogP contribution in [0.5, 0.6) is 0 Å². The van der Waals surface area contributed by atoms with E-state index >= 15 is 0 Å². The van der Waals surface area contributed by atoms with Gasteiger partial charge in [-0.3, -0.25) is 4.79 Å². The van der Waals surface area contributed by atoms with Gasteiger partial charge in [0.15, 0.2) is 0 Å². The minimum Gasteiger partial charge on any atom is -0.463 e. The molecule has 0 aliphatic carbocycles. The molecule has 0 fully saturated rings. The van der Waals surface area contributed by atoms with Gasteiger partial charge in [-0.1, -0.05) is 25.1 Å². The summed E-state index contributed by atoms with van der Waals surface area (Å²) in [5.41, 5.74) is 1.25. The number of furan rings is 1. The van der Waals surface area contributed by atoms with Crippen molar-refractivity contribution in [3.05, 3.63) is 36.1 Å². The van der Waals surface area contributed by atoms with Crippen molar-refractivity contribution in [1.29, 1.82) is 0 Å². The number of carbonyl (C=O) groups excluding carboxylic acids is 1. The van der Waals surface area contributed by atoms with Gasteiger partial charge >= 0.3 is 0 Å². The number of aliphatic hydroxyl groups excluding tert-OH is 1. The van der Waals surface area contributed by atoms with E-state index in [2.05, 4.69) is 5.32 Å². The molecular formula is C14H17NO3. The molecule has 2 N–H and O–H groups in total. The summed E-state index contributed by atoms with van der Waals surface area (Å²) in [5.74, 6) is -0.153. The number of rotatable bonds is 5. The zero-order valence-corrected chi connectivity index (χ0v) is 10.3. The van der Waals surface area contributed by atoms with E-state index in [1.54, 1.807) is 0 Å². The average Bonchev–Trinajstić information content (AvgIpc) is 2.82. The maximum atomic E-state index is 12.1. The van der Waals surface area contributed by atoms with Crippen molar-refractivity contribution >= 4 is 16.9 Å². The van der Waals surface area contributed by atoms with Crippen molar-refractivity contribution in [3.63, 3.8) is 0 Å². The molecule has 4 heteroatoms. The molecule has 2 rings (SSSR count). The Bertz CT molecular complexity index is 533. The number of hydrogen-bond donors (Lipinski definition) is 2. The molecule has 0 aliphatic rings. The molecular weight excluding hydrogens is 230 g/mol. The summed E-state index contributed by atoms with van der Waals surface area (Å²) in [6.07, 6.45) is 2.84. The number of fused-ring (bicyclic) bond motifs is 1. The zero-order valence-electron chi connectivity index (χ0n) is 10.3. The van der Waals surface area contributed by atoms with Crippen LogP contribution in [-0.2, 0) is 0 Å². The summed E-state index contributed by atoms with van der Waals surface area (Å²) in [4.78, 5) is 12.1. The van der Waals surface area contributed by atoms with Crippen LogP contribution in [0.3, 0.4) is 0 Å². The fraction of sp³-hybridized carbons (Fsp3) is 0.357. The highest BCUT2D eigenvalue weighted by Crippen LogP contribution is 2.20. The Kier molecular flexibility index (Phi) is 3.99. The van der Waals surface area contributed by atoms with E-state index in [1.807, 2.05) is 31.2 Å². The number of hydrogen-bond acceptors (Lipinski definition) is 3. The van der Waals surface area contributed by atoms with E-state index in [-0.39, 0.29) is 18.6 Å². The standard InChI is InChI=1S/C14H17NO3/c1-2-10(7-8-16)15-14(17)12-9-18-13-6-4-3-5-11(12)13/h3-6,9-10,16H,2,7-8H2,1H3,(H,15,17). The summed E-state index contributed by atoms with van der Waals surface area (Å²) >= 11 is 0. The van der Waals surface area contributed by atoms with Crippen molar-refractivity contribution in [2.75, 3.05) is 6.61 Å². The quantitative estimate of drug-likeness (QED) is 0.852. The van der Waals surface area contributed by atoms with E-state index in [1.165, 1.54) is 6.26 Å². The number of benzene rings is 1. The van der Waals surface area contributed by atoms with Crippen molar-refractivity contribution in [1.82, 2.24) is 5.32 Å². The fourth-order valence-corrected chi connectivity index (χ4v) is 1.95. The van der Waals surface area contributed by atoms with Crippen LogP contribution in [0.1, 0.15) is 30.1 Å². The molecule has 4 nitrogen and oxygen atoms in total. The molecule has 0 radical (unpaired) electrons. The van der Waals surface area contributed by atoms with E-state index in [9.17, 15) is 4.79 Å². The number of amides is 1. The highest BCUT2D eigenvalue weighted by molar-refractivity contribution is 6.05. The third kappa shape index (κ3) is 2.54.